The van der Waals surface area contributed by atoms with Crippen LogP contribution in [0.4, 0.5) is 0 Å². The summed E-state index contributed by atoms with van der Waals surface area (Å²) in [5.41, 5.74) is 2.18. The van der Waals surface area contributed by atoms with Crippen molar-refractivity contribution in [3.05, 3.63) is 49.0 Å². The molecule has 0 spiro atoms. The third-order valence-electron chi connectivity index (χ3n) is 3.91. The summed E-state index contributed by atoms with van der Waals surface area (Å²) >= 11 is 3.34. The van der Waals surface area contributed by atoms with Crippen molar-refractivity contribution in [3.8, 4) is 0 Å². The molecule has 0 amide bonds. The van der Waals surface area contributed by atoms with E-state index >= 15 is 0 Å². The Morgan fingerprint density at radius 2 is 2.32 bits per heavy atom. The standard InChI is InChI=1S/C15H16N4OS2/c1-2-13-17-19-14(20)7-11(16-15(19)22-13)9-18-5-3-12-10(8-18)4-6-21-12/h4,6-7H,2-3,5,8-9H2,1H3. The largest absolute Gasteiger partial charge is 0.293 e. The summed E-state index contributed by atoms with van der Waals surface area (Å²) in [7, 11) is 0. The fourth-order valence-electron chi connectivity index (χ4n) is 2.79. The Kier molecular flexibility index (Phi) is 3.56. The highest BCUT2D eigenvalue weighted by atomic mass is 32.1. The zero-order valence-electron chi connectivity index (χ0n) is 12.3. The molecule has 114 valence electrons. The van der Waals surface area contributed by atoms with Gasteiger partial charge in [0, 0.05) is 30.6 Å². The van der Waals surface area contributed by atoms with Gasteiger partial charge >= 0.3 is 0 Å². The number of hydrogen-bond donors (Lipinski definition) is 0. The number of nitrogens with zero attached hydrogens (tertiary/aromatic N) is 4. The second kappa shape index (κ2) is 5.57. The monoisotopic (exact) mass is 332 g/mol. The smallest absolute Gasteiger partial charge is 0.275 e. The SMILES string of the molecule is CCc1nn2c(=O)cc(CN3CCc4sccc4C3)nc2s1. The molecular formula is C15H16N4OS2. The van der Waals surface area contributed by atoms with Crippen LogP contribution >= 0.6 is 22.7 Å². The molecule has 1 aliphatic rings. The van der Waals surface area contributed by atoms with E-state index in [2.05, 4.69) is 26.4 Å². The van der Waals surface area contributed by atoms with Gasteiger partial charge in [-0.3, -0.25) is 9.69 Å². The Bertz CT molecular complexity index is 879. The highest BCUT2D eigenvalue weighted by molar-refractivity contribution is 7.16. The molecule has 0 N–H and O–H groups in total. The lowest BCUT2D eigenvalue weighted by Gasteiger charge is -2.26. The van der Waals surface area contributed by atoms with Crippen LogP contribution in [0.5, 0.6) is 0 Å². The van der Waals surface area contributed by atoms with Crippen LogP contribution in [0.25, 0.3) is 4.96 Å². The van der Waals surface area contributed by atoms with Gasteiger partial charge < -0.3 is 0 Å². The molecular weight excluding hydrogens is 316 g/mol. The maximum atomic E-state index is 12.2. The highest BCUT2D eigenvalue weighted by Gasteiger charge is 2.18. The van der Waals surface area contributed by atoms with E-state index in [1.807, 2.05) is 18.3 Å². The van der Waals surface area contributed by atoms with Crippen molar-refractivity contribution in [1.29, 1.82) is 0 Å². The fraction of sp³-hybridized carbons (Fsp3) is 0.400. The van der Waals surface area contributed by atoms with Crippen molar-refractivity contribution in [1.82, 2.24) is 19.5 Å². The molecule has 0 bridgehead atoms. The third-order valence-corrected chi connectivity index (χ3v) is 5.99. The Morgan fingerprint density at radius 1 is 1.41 bits per heavy atom. The summed E-state index contributed by atoms with van der Waals surface area (Å²) in [6.07, 6.45) is 1.92. The molecule has 0 fully saturated rings. The van der Waals surface area contributed by atoms with E-state index in [1.165, 1.54) is 26.3 Å². The van der Waals surface area contributed by atoms with E-state index in [-0.39, 0.29) is 5.56 Å². The Morgan fingerprint density at radius 3 is 3.18 bits per heavy atom. The van der Waals surface area contributed by atoms with E-state index in [1.54, 1.807) is 6.07 Å². The number of hydrogen-bond acceptors (Lipinski definition) is 6. The molecule has 4 heterocycles. The topological polar surface area (TPSA) is 50.5 Å². The first-order valence-electron chi connectivity index (χ1n) is 7.39. The summed E-state index contributed by atoms with van der Waals surface area (Å²) in [5, 5.41) is 7.40. The lowest BCUT2D eigenvalue weighted by Crippen LogP contribution is -2.30. The molecule has 0 atom stereocenters. The van der Waals surface area contributed by atoms with Gasteiger partial charge in [-0.05, 0) is 29.9 Å². The Hall–Kier alpha value is -1.57. The number of aromatic nitrogens is 3. The number of fused-ring (bicyclic) bond motifs is 2. The minimum Gasteiger partial charge on any atom is -0.293 e. The van der Waals surface area contributed by atoms with Gasteiger partial charge in [0.25, 0.3) is 5.56 Å². The molecule has 0 unspecified atom stereocenters. The average Bonchev–Trinajstić information content (AvgIpc) is 3.12. The molecule has 22 heavy (non-hydrogen) atoms. The number of rotatable bonds is 3. The minimum absolute atomic E-state index is 0.0795. The second-order valence-corrected chi connectivity index (χ2v) is 7.50. The first-order chi connectivity index (χ1) is 10.7. The number of thiophene rings is 1. The molecule has 7 heteroatoms. The average molecular weight is 332 g/mol. The maximum Gasteiger partial charge on any atom is 0.275 e. The first-order valence-corrected chi connectivity index (χ1v) is 9.09. The van der Waals surface area contributed by atoms with Crippen molar-refractivity contribution in [2.24, 2.45) is 0 Å². The van der Waals surface area contributed by atoms with Crippen molar-refractivity contribution < 1.29 is 0 Å². The predicted molar refractivity (Wildman–Crippen MR) is 88.6 cm³/mol. The summed E-state index contributed by atoms with van der Waals surface area (Å²) in [4.78, 5) is 21.4. The van der Waals surface area contributed by atoms with Gasteiger partial charge in [0.1, 0.15) is 5.01 Å². The van der Waals surface area contributed by atoms with Crippen molar-refractivity contribution in [3.63, 3.8) is 0 Å². The van der Waals surface area contributed by atoms with Crippen molar-refractivity contribution in [2.45, 2.75) is 32.9 Å². The van der Waals surface area contributed by atoms with E-state index < -0.39 is 0 Å². The van der Waals surface area contributed by atoms with Crippen LogP contribution < -0.4 is 5.56 Å². The minimum atomic E-state index is -0.0795. The molecule has 0 aromatic carbocycles. The van der Waals surface area contributed by atoms with Gasteiger partial charge in [-0.15, -0.1) is 11.3 Å². The van der Waals surface area contributed by atoms with E-state index in [0.717, 1.165) is 43.2 Å². The van der Waals surface area contributed by atoms with E-state index in [0.29, 0.717) is 4.96 Å². The summed E-state index contributed by atoms with van der Waals surface area (Å²) in [6.45, 7) is 4.73. The van der Waals surface area contributed by atoms with Crippen LogP contribution in [0.3, 0.4) is 0 Å². The summed E-state index contributed by atoms with van der Waals surface area (Å²) < 4.78 is 1.42. The van der Waals surface area contributed by atoms with Crippen LogP contribution in [0.1, 0.15) is 28.1 Å². The molecule has 4 rings (SSSR count). The van der Waals surface area contributed by atoms with Gasteiger partial charge in [-0.1, -0.05) is 18.3 Å². The Balaban J connectivity index is 1.61. The summed E-state index contributed by atoms with van der Waals surface area (Å²) in [6, 6.07) is 3.82. The molecule has 0 aliphatic carbocycles. The quantitative estimate of drug-likeness (QED) is 0.739. The molecule has 0 saturated heterocycles. The predicted octanol–water partition coefficient (Wildman–Crippen LogP) is 2.33. The normalized spacial score (nSPS) is 15.3. The fourth-order valence-corrected chi connectivity index (χ4v) is 4.54. The molecule has 5 nitrogen and oxygen atoms in total. The summed E-state index contributed by atoms with van der Waals surface area (Å²) in [5.74, 6) is 0. The van der Waals surface area contributed by atoms with E-state index in [4.69, 9.17) is 0 Å². The highest BCUT2D eigenvalue weighted by Crippen LogP contribution is 2.24. The third kappa shape index (κ3) is 2.49. The van der Waals surface area contributed by atoms with Gasteiger partial charge in [0.15, 0.2) is 0 Å². The van der Waals surface area contributed by atoms with E-state index in [9.17, 15) is 4.79 Å². The van der Waals surface area contributed by atoms with Crippen LogP contribution in [-0.4, -0.2) is 26.0 Å². The molecule has 1 aliphatic heterocycles. The first kappa shape index (κ1) is 14.0. The lowest BCUT2D eigenvalue weighted by molar-refractivity contribution is 0.244. The second-order valence-electron chi connectivity index (χ2n) is 5.46. The zero-order chi connectivity index (χ0) is 15.1. The van der Waals surface area contributed by atoms with Crippen LogP contribution in [0.2, 0.25) is 0 Å². The van der Waals surface area contributed by atoms with Crippen LogP contribution in [0, 0.1) is 0 Å². The van der Waals surface area contributed by atoms with Crippen LogP contribution in [0.15, 0.2) is 22.3 Å². The van der Waals surface area contributed by atoms with Gasteiger partial charge in [0.2, 0.25) is 4.96 Å². The van der Waals surface area contributed by atoms with Gasteiger partial charge in [-0.2, -0.15) is 9.61 Å². The maximum absolute atomic E-state index is 12.2. The number of aryl methyl sites for hydroxylation is 1. The van der Waals surface area contributed by atoms with Crippen molar-refractivity contribution >= 4 is 27.6 Å². The Labute approximate surface area is 135 Å². The molecule has 3 aromatic heterocycles. The molecule has 0 saturated carbocycles. The van der Waals surface area contributed by atoms with Crippen LogP contribution in [-0.2, 0) is 25.9 Å². The molecule has 0 radical (unpaired) electrons. The van der Waals surface area contributed by atoms with Gasteiger partial charge in [-0.25, -0.2) is 4.98 Å². The zero-order valence-corrected chi connectivity index (χ0v) is 13.9. The molecule has 3 aromatic rings. The lowest BCUT2D eigenvalue weighted by atomic mass is 10.1. The van der Waals surface area contributed by atoms with Crippen molar-refractivity contribution in [2.75, 3.05) is 6.54 Å². The van der Waals surface area contributed by atoms with Gasteiger partial charge in [0.05, 0.1) is 5.69 Å².